The summed E-state index contributed by atoms with van der Waals surface area (Å²) < 4.78 is 22.7. The highest BCUT2D eigenvalue weighted by atomic mass is 35.5. The summed E-state index contributed by atoms with van der Waals surface area (Å²) >= 11 is 14.8. The molecule has 1 N–H and O–H groups in total. The van der Waals surface area contributed by atoms with E-state index in [1.165, 1.54) is 30.9 Å². The molecule has 6 rings (SSSR count). The topological polar surface area (TPSA) is 120 Å². The van der Waals surface area contributed by atoms with Gasteiger partial charge in [0, 0.05) is 21.4 Å². The molecule has 3 aromatic carbocycles. The first-order valence-corrected chi connectivity index (χ1v) is 15.7. The van der Waals surface area contributed by atoms with E-state index in [-0.39, 0.29) is 22.0 Å². The number of aliphatic hydroxyl groups excluding tert-OH is 1. The van der Waals surface area contributed by atoms with Gasteiger partial charge in [0.2, 0.25) is 5.13 Å². The van der Waals surface area contributed by atoms with E-state index in [1.54, 1.807) is 48.5 Å². The van der Waals surface area contributed by atoms with Gasteiger partial charge in [-0.3, -0.25) is 14.5 Å². The Morgan fingerprint density at radius 3 is 2.52 bits per heavy atom. The Hall–Kier alpha value is -3.97. The van der Waals surface area contributed by atoms with Crippen molar-refractivity contribution < 1.29 is 33.6 Å². The molecule has 1 fully saturated rings. The number of anilines is 1. The summed E-state index contributed by atoms with van der Waals surface area (Å²) in [5.41, 5.74) is 1.49. The van der Waals surface area contributed by atoms with Crippen molar-refractivity contribution in [3.05, 3.63) is 86.9 Å². The molecule has 0 radical (unpaired) electrons. The van der Waals surface area contributed by atoms with Gasteiger partial charge < -0.3 is 24.1 Å². The minimum Gasteiger partial charge on any atom is -0.507 e. The minimum atomic E-state index is -1.06. The van der Waals surface area contributed by atoms with Crippen LogP contribution in [-0.4, -0.2) is 54.4 Å². The normalized spacial score (nSPS) is 17.2. The zero-order valence-electron chi connectivity index (χ0n) is 23.2. The summed E-state index contributed by atoms with van der Waals surface area (Å²) in [5.74, 6) is 0.129. The van der Waals surface area contributed by atoms with Crippen LogP contribution in [0.4, 0.5) is 5.13 Å². The molecule has 1 aromatic heterocycles. The van der Waals surface area contributed by atoms with E-state index in [9.17, 15) is 14.7 Å². The van der Waals surface area contributed by atoms with Crippen LogP contribution in [0.3, 0.4) is 0 Å². The number of hydrogen-bond donors (Lipinski definition) is 1. The number of Topliss-reactive ketones (excluding diaryl/α,β-unsaturated/α-hetero) is 1. The Labute approximate surface area is 270 Å². The number of amides is 1. The van der Waals surface area contributed by atoms with E-state index in [2.05, 4.69) is 10.2 Å². The zero-order valence-corrected chi connectivity index (χ0v) is 26.4. The Balaban J connectivity index is 1.41. The molecule has 0 spiro atoms. The van der Waals surface area contributed by atoms with Crippen molar-refractivity contribution in [2.45, 2.75) is 16.1 Å². The van der Waals surface area contributed by atoms with Gasteiger partial charge in [-0.05, 0) is 53.6 Å². The third kappa shape index (κ3) is 5.65. The number of nitrogens with zero attached hydrogens (tertiary/aromatic N) is 3. The summed E-state index contributed by atoms with van der Waals surface area (Å²) in [6.07, 6.45) is 0. The molecule has 44 heavy (non-hydrogen) atoms. The molecular formula is C30H23Cl2N3O7S2. The fourth-order valence-corrected chi connectivity index (χ4v) is 7.28. The number of halogens is 2. The van der Waals surface area contributed by atoms with Gasteiger partial charge in [-0.25, -0.2) is 0 Å². The minimum absolute atomic E-state index is 0.128. The van der Waals surface area contributed by atoms with E-state index in [1.807, 2.05) is 6.07 Å². The number of benzene rings is 3. The average molecular weight is 673 g/mol. The quantitative estimate of drug-likeness (QED) is 0.0725. The molecule has 2 aliphatic heterocycles. The van der Waals surface area contributed by atoms with Crippen LogP contribution < -0.4 is 23.8 Å². The highest BCUT2D eigenvalue weighted by Crippen LogP contribution is 2.46. The van der Waals surface area contributed by atoms with Crippen molar-refractivity contribution >= 4 is 68.9 Å². The van der Waals surface area contributed by atoms with Crippen LogP contribution in [-0.2, 0) is 15.3 Å². The maximum absolute atomic E-state index is 13.6. The standard InChI is InChI=1S/C30H23Cl2N3O7S2/c1-39-20-7-4-15(11-22(20)40-2)25-24(26(36)16-5-8-21-23(12-16)42-10-9-41-21)27(37)28(38)35(25)29-33-34-30(44-29)43-14-17-3-6-18(31)13-19(17)32/h3-8,11-13,25,36H,9-10,14H2,1-2H3/b26-24+. The van der Waals surface area contributed by atoms with Crippen molar-refractivity contribution in [2.75, 3.05) is 32.3 Å². The monoisotopic (exact) mass is 671 g/mol. The predicted octanol–water partition coefficient (Wildman–Crippen LogP) is 6.55. The van der Waals surface area contributed by atoms with Crippen LogP contribution >= 0.6 is 46.3 Å². The van der Waals surface area contributed by atoms with Gasteiger partial charge in [0.15, 0.2) is 27.3 Å². The number of methoxy groups -OCH3 is 2. The fraction of sp³-hybridized carbons (Fsp3) is 0.200. The molecule has 1 unspecified atom stereocenters. The third-order valence-corrected chi connectivity index (χ3v) is 9.64. The Morgan fingerprint density at radius 1 is 1.00 bits per heavy atom. The van der Waals surface area contributed by atoms with Crippen LogP contribution in [0, 0.1) is 0 Å². The second kappa shape index (κ2) is 12.6. The lowest BCUT2D eigenvalue weighted by molar-refractivity contribution is -0.132. The number of ether oxygens (including phenoxy) is 4. The first-order valence-electron chi connectivity index (χ1n) is 13.1. The Bertz CT molecular complexity index is 1810. The summed E-state index contributed by atoms with van der Waals surface area (Å²) in [5, 5.41) is 21.3. The van der Waals surface area contributed by atoms with Crippen LogP contribution in [0.25, 0.3) is 5.76 Å². The highest BCUT2D eigenvalue weighted by Gasteiger charge is 2.48. The summed E-state index contributed by atoms with van der Waals surface area (Å²) in [6, 6.07) is 14.0. The number of fused-ring (bicyclic) bond motifs is 1. The first kappa shape index (κ1) is 30.1. The van der Waals surface area contributed by atoms with E-state index < -0.39 is 17.7 Å². The summed E-state index contributed by atoms with van der Waals surface area (Å²) in [7, 11) is 2.98. The molecule has 0 aliphatic carbocycles. The molecule has 0 bridgehead atoms. The second-order valence-electron chi connectivity index (χ2n) is 9.52. The molecule has 4 aromatic rings. The molecule has 1 atom stereocenters. The highest BCUT2D eigenvalue weighted by molar-refractivity contribution is 8.00. The van der Waals surface area contributed by atoms with Crippen molar-refractivity contribution in [2.24, 2.45) is 0 Å². The number of rotatable bonds is 8. The summed E-state index contributed by atoms with van der Waals surface area (Å²) in [4.78, 5) is 28.5. The number of thioether (sulfide) groups is 1. The molecule has 0 saturated carbocycles. The zero-order chi connectivity index (χ0) is 31.0. The first-order chi connectivity index (χ1) is 21.3. The SMILES string of the molecule is COc1ccc(C2/C(=C(\O)c3ccc4c(c3)OCCO4)C(=O)C(=O)N2c2nnc(SCc3ccc(Cl)cc3Cl)s2)cc1OC. The number of aromatic nitrogens is 2. The summed E-state index contributed by atoms with van der Waals surface area (Å²) in [6.45, 7) is 0.743. The number of carbonyl (C=O) groups excluding carboxylic acids is 2. The van der Waals surface area contributed by atoms with Gasteiger partial charge in [0.1, 0.15) is 19.0 Å². The second-order valence-corrected chi connectivity index (χ2v) is 12.5. The van der Waals surface area contributed by atoms with E-state index in [0.29, 0.717) is 61.9 Å². The lowest BCUT2D eigenvalue weighted by Crippen LogP contribution is -2.29. The number of ketones is 1. The molecule has 10 nitrogen and oxygen atoms in total. The maximum Gasteiger partial charge on any atom is 0.301 e. The molecule has 2 aliphatic rings. The predicted molar refractivity (Wildman–Crippen MR) is 168 cm³/mol. The van der Waals surface area contributed by atoms with Crippen molar-refractivity contribution in [3.63, 3.8) is 0 Å². The molecule has 1 saturated heterocycles. The van der Waals surface area contributed by atoms with Gasteiger partial charge in [-0.2, -0.15) is 0 Å². The van der Waals surface area contributed by atoms with Crippen LogP contribution in [0.2, 0.25) is 10.0 Å². The Morgan fingerprint density at radius 2 is 1.77 bits per heavy atom. The smallest absolute Gasteiger partial charge is 0.301 e. The van der Waals surface area contributed by atoms with Gasteiger partial charge in [-0.15, -0.1) is 10.2 Å². The maximum atomic E-state index is 13.6. The molecule has 226 valence electrons. The van der Waals surface area contributed by atoms with Gasteiger partial charge in [0.25, 0.3) is 5.78 Å². The number of hydrogen-bond acceptors (Lipinski definition) is 11. The number of carbonyl (C=O) groups is 2. The van der Waals surface area contributed by atoms with E-state index >= 15 is 0 Å². The average Bonchev–Trinajstić information content (AvgIpc) is 3.61. The van der Waals surface area contributed by atoms with Crippen LogP contribution in [0.1, 0.15) is 22.7 Å². The van der Waals surface area contributed by atoms with Gasteiger partial charge >= 0.3 is 5.91 Å². The Kier molecular flexibility index (Phi) is 8.59. The van der Waals surface area contributed by atoms with Crippen molar-refractivity contribution in [1.82, 2.24) is 10.2 Å². The number of aliphatic hydroxyl groups is 1. The van der Waals surface area contributed by atoms with Crippen LogP contribution in [0.15, 0.2) is 64.5 Å². The fourth-order valence-electron chi connectivity index (χ4n) is 4.85. The van der Waals surface area contributed by atoms with Crippen LogP contribution in [0.5, 0.6) is 23.0 Å². The third-order valence-electron chi connectivity index (χ3n) is 6.95. The largest absolute Gasteiger partial charge is 0.507 e. The molecular weight excluding hydrogens is 649 g/mol. The molecule has 1 amide bonds. The van der Waals surface area contributed by atoms with E-state index in [4.69, 9.17) is 42.1 Å². The van der Waals surface area contributed by atoms with Crippen molar-refractivity contribution in [3.8, 4) is 23.0 Å². The van der Waals surface area contributed by atoms with Gasteiger partial charge in [-0.1, -0.05) is 58.4 Å². The van der Waals surface area contributed by atoms with Crippen molar-refractivity contribution in [1.29, 1.82) is 0 Å². The lowest BCUT2D eigenvalue weighted by atomic mass is 9.95. The lowest BCUT2D eigenvalue weighted by Gasteiger charge is -2.23. The molecule has 14 heteroatoms. The van der Waals surface area contributed by atoms with Gasteiger partial charge in [0.05, 0.1) is 25.8 Å². The molecule has 3 heterocycles. The van der Waals surface area contributed by atoms with E-state index in [0.717, 1.165) is 16.9 Å².